The van der Waals surface area contributed by atoms with E-state index in [1.165, 1.54) is 6.42 Å². The van der Waals surface area contributed by atoms with E-state index in [1.807, 2.05) is 17.5 Å². The van der Waals surface area contributed by atoms with Gasteiger partial charge in [0.25, 0.3) is 5.91 Å². The van der Waals surface area contributed by atoms with Gasteiger partial charge in [-0.1, -0.05) is 6.42 Å². The Labute approximate surface area is 128 Å². The molecule has 0 bridgehead atoms. The average Bonchev–Trinajstić information content (AvgIpc) is 2.92. The lowest BCUT2D eigenvalue weighted by molar-refractivity contribution is -0.169. The van der Waals surface area contributed by atoms with Crippen LogP contribution in [0.4, 0.5) is 0 Å². The lowest BCUT2D eigenvalue weighted by Gasteiger charge is -2.60. The van der Waals surface area contributed by atoms with E-state index in [0.29, 0.717) is 17.4 Å². The van der Waals surface area contributed by atoms with Gasteiger partial charge in [-0.25, -0.2) is 9.97 Å². The van der Waals surface area contributed by atoms with Gasteiger partial charge in [-0.2, -0.15) is 0 Å². The number of nitrogens with zero attached hydrogens (tertiary/aromatic N) is 3. The highest BCUT2D eigenvalue weighted by Crippen LogP contribution is 2.57. The smallest absolute Gasteiger partial charge is 0.273 e. The van der Waals surface area contributed by atoms with Crippen molar-refractivity contribution in [2.45, 2.75) is 44.8 Å². The molecule has 1 N–H and O–H groups in total. The number of hydrogen-bond donors (Lipinski definition) is 1. The number of aromatic nitrogens is 3. The Bertz CT molecular complexity index is 707. The number of amides is 1. The van der Waals surface area contributed by atoms with Gasteiger partial charge in [0.15, 0.2) is 11.3 Å². The van der Waals surface area contributed by atoms with Crippen LogP contribution in [0.1, 0.15) is 43.1 Å². The summed E-state index contributed by atoms with van der Waals surface area (Å²) >= 11 is 0. The van der Waals surface area contributed by atoms with Gasteiger partial charge >= 0.3 is 0 Å². The molecule has 2 atom stereocenters. The second-order valence-corrected chi connectivity index (χ2v) is 6.23. The number of carbonyl (C=O) groups is 1. The monoisotopic (exact) mass is 300 g/mol. The summed E-state index contributed by atoms with van der Waals surface area (Å²) in [4.78, 5) is 21.0. The summed E-state index contributed by atoms with van der Waals surface area (Å²) in [5.41, 5.74) is 1.15. The number of nitrogens with one attached hydrogen (secondary N) is 1. The van der Waals surface area contributed by atoms with Crippen LogP contribution in [0.15, 0.2) is 24.8 Å². The Morgan fingerprint density at radius 2 is 2.18 bits per heavy atom. The zero-order valence-corrected chi connectivity index (χ0v) is 12.7. The lowest BCUT2D eigenvalue weighted by Crippen LogP contribution is -2.67. The molecule has 6 heteroatoms. The fraction of sp³-hybridized carbons (Fsp3) is 0.562. The number of hydrogen-bond acceptors (Lipinski definition) is 4. The minimum Gasteiger partial charge on any atom is -0.378 e. The molecule has 2 aliphatic carbocycles. The first kappa shape index (κ1) is 13.7. The minimum absolute atomic E-state index is 0.136. The Hall–Kier alpha value is -1.95. The molecule has 6 nitrogen and oxygen atoms in total. The third-order valence-electron chi connectivity index (χ3n) is 5.27. The van der Waals surface area contributed by atoms with Crippen LogP contribution in [0, 0.1) is 5.41 Å². The van der Waals surface area contributed by atoms with Crippen LogP contribution in [-0.2, 0) is 4.74 Å². The van der Waals surface area contributed by atoms with Crippen molar-refractivity contribution in [3.8, 4) is 0 Å². The molecule has 1 amide bonds. The summed E-state index contributed by atoms with van der Waals surface area (Å²) in [6.07, 6.45) is 11.6. The van der Waals surface area contributed by atoms with E-state index < -0.39 is 0 Å². The van der Waals surface area contributed by atoms with Gasteiger partial charge in [-0.3, -0.25) is 4.79 Å². The molecule has 1 spiro atoms. The van der Waals surface area contributed by atoms with Gasteiger partial charge in [0.1, 0.15) is 0 Å². The fourth-order valence-corrected chi connectivity index (χ4v) is 3.88. The number of fused-ring (bicyclic) bond motifs is 1. The molecule has 4 rings (SSSR count). The van der Waals surface area contributed by atoms with Crippen molar-refractivity contribution in [1.29, 1.82) is 0 Å². The summed E-state index contributed by atoms with van der Waals surface area (Å²) in [5.74, 6) is -0.136. The maximum Gasteiger partial charge on any atom is 0.273 e. The Balaban J connectivity index is 1.52. The van der Waals surface area contributed by atoms with Crippen LogP contribution < -0.4 is 5.32 Å². The predicted octanol–water partition coefficient (Wildman–Crippen LogP) is 1.81. The second-order valence-electron chi connectivity index (χ2n) is 6.23. The molecular weight excluding hydrogens is 280 g/mol. The second kappa shape index (κ2) is 5.05. The molecule has 0 aliphatic heterocycles. The maximum atomic E-state index is 12.6. The summed E-state index contributed by atoms with van der Waals surface area (Å²) in [6, 6.07) is 0.197. The van der Waals surface area contributed by atoms with Gasteiger partial charge in [0.05, 0.1) is 6.10 Å². The standard InChI is InChI=1S/C16H20N4O2/c1-2-22-12-10-11(16(12)4-3-5-16)19-15(21)13-14-18-7-9-20(14)8-6-17-13/h6-9,11-12H,2-5,10H2,1H3,(H,19,21)/t11-,12+/m0/s1. The van der Waals surface area contributed by atoms with Gasteiger partial charge < -0.3 is 14.5 Å². The maximum absolute atomic E-state index is 12.6. The Morgan fingerprint density at radius 1 is 1.41 bits per heavy atom. The molecule has 22 heavy (non-hydrogen) atoms. The Kier molecular flexibility index (Phi) is 3.14. The average molecular weight is 300 g/mol. The molecule has 116 valence electrons. The topological polar surface area (TPSA) is 68.5 Å². The van der Waals surface area contributed by atoms with Crippen LogP contribution in [0.25, 0.3) is 5.65 Å². The van der Waals surface area contributed by atoms with Crippen molar-refractivity contribution in [3.05, 3.63) is 30.5 Å². The van der Waals surface area contributed by atoms with Crippen LogP contribution in [0.3, 0.4) is 0 Å². The minimum atomic E-state index is -0.136. The molecule has 2 aliphatic rings. The largest absolute Gasteiger partial charge is 0.378 e. The quantitative estimate of drug-likeness (QED) is 0.935. The highest BCUT2D eigenvalue weighted by Gasteiger charge is 2.59. The summed E-state index contributed by atoms with van der Waals surface area (Å²) in [6.45, 7) is 2.77. The van der Waals surface area contributed by atoms with E-state index in [0.717, 1.165) is 25.9 Å². The molecule has 0 saturated heterocycles. The summed E-state index contributed by atoms with van der Waals surface area (Å²) < 4.78 is 7.64. The number of rotatable bonds is 4. The van der Waals surface area contributed by atoms with Gasteiger partial charge in [0, 0.05) is 42.9 Å². The highest BCUT2D eigenvalue weighted by atomic mass is 16.5. The highest BCUT2D eigenvalue weighted by molar-refractivity contribution is 5.98. The molecule has 2 saturated carbocycles. The number of imidazole rings is 1. The molecule has 0 unspecified atom stereocenters. The number of ether oxygens (including phenoxy) is 1. The van der Waals surface area contributed by atoms with Crippen LogP contribution in [0.2, 0.25) is 0 Å². The van der Waals surface area contributed by atoms with Crippen LogP contribution >= 0.6 is 0 Å². The van der Waals surface area contributed by atoms with Gasteiger partial charge in [-0.15, -0.1) is 0 Å². The third kappa shape index (κ3) is 1.86. The van der Waals surface area contributed by atoms with E-state index >= 15 is 0 Å². The molecule has 0 aromatic carbocycles. The van der Waals surface area contributed by atoms with Crippen molar-refractivity contribution >= 4 is 11.6 Å². The molecule has 2 fully saturated rings. The van der Waals surface area contributed by atoms with Gasteiger partial charge in [0.2, 0.25) is 0 Å². The lowest BCUT2D eigenvalue weighted by atomic mass is 9.51. The van der Waals surface area contributed by atoms with Crippen molar-refractivity contribution < 1.29 is 9.53 Å². The fourth-order valence-electron chi connectivity index (χ4n) is 3.88. The molecular formula is C16H20N4O2. The van der Waals surface area contributed by atoms with E-state index in [2.05, 4.69) is 15.3 Å². The first-order valence-electron chi connectivity index (χ1n) is 7.95. The van der Waals surface area contributed by atoms with E-state index in [-0.39, 0.29) is 17.4 Å². The first-order chi connectivity index (χ1) is 10.7. The normalized spacial score (nSPS) is 25.7. The third-order valence-corrected chi connectivity index (χ3v) is 5.27. The molecule has 2 aromatic rings. The van der Waals surface area contributed by atoms with Crippen molar-refractivity contribution in [2.75, 3.05) is 6.61 Å². The molecule has 0 radical (unpaired) electrons. The van der Waals surface area contributed by atoms with Gasteiger partial charge in [-0.05, 0) is 26.2 Å². The predicted molar refractivity (Wildman–Crippen MR) is 80.6 cm³/mol. The van der Waals surface area contributed by atoms with E-state index in [1.54, 1.807) is 18.6 Å². The Morgan fingerprint density at radius 3 is 2.86 bits per heavy atom. The van der Waals surface area contributed by atoms with Crippen LogP contribution in [0.5, 0.6) is 0 Å². The van der Waals surface area contributed by atoms with Crippen molar-refractivity contribution in [3.63, 3.8) is 0 Å². The molecule has 2 aromatic heterocycles. The van der Waals surface area contributed by atoms with Crippen molar-refractivity contribution in [2.24, 2.45) is 5.41 Å². The summed E-state index contributed by atoms with van der Waals surface area (Å²) in [5, 5.41) is 3.16. The van der Waals surface area contributed by atoms with Crippen LogP contribution in [-0.4, -0.2) is 39.0 Å². The van der Waals surface area contributed by atoms with Crippen molar-refractivity contribution in [1.82, 2.24) is 19.7 Å². The molecule has 2 heterocycles. The SMILES string of the molecule is CCO[C@@H]1C[C@H](NC(=O)c2nccn3ccnc23)C12CCC2. The zero-order chi connectivity index (χ0) is 15.2. The first-order valence-corrected chi connectivity index (χ1v) is 7.95. The zero-order valence-electron chi connectivity index (χ0n) is 12.7. The summed E-state index contributed by atoms with van der Waals surface area (Å²) in [7, 11) is 0. The van der Waals surface area contributed by atoms with E-state index in [4.69, 9.17) is 4.74 Å². The van der Waals surface area contributed by atoms with E-state index in [9.17, 15) is 4.79 Å². The number of carbonyl (C=O) groups excluding carboxylic acids is 1.